The van der Waals surface area contributed by atoms with E-state index in [0.717, 1.165) is 17.7 Å². The van der Waals surface area contributed by atoms with Gasteiger partial charge in [0.1, 0.15) is 10.9 Å². The fourth-order valence-electron chi connectivity index (χ4n) is 2.06. The predicted molar refractivity (Wildman–Crippen MR) is 77.2 cm³/mol. The number of ether oxygens (including phenoxy) is 2. The number of halogens is 1. The normalized spacial score (nSPS) is 12.5. The second kappa shape index (κ2) is 5.57. The van der Waals surface area contributed by atoms with Crippen LogP contribution in [-0.2, 0) is 6.42 Å². The van der Waals surface area contributed by atoms with E-state index in [-0.39, 0.29) is 22.9 Å². The lowest BCUT2D eigenvalue weighted by molar-refractivity contribution is 0.102. The number of aromatic nitrogens is 2. The van der Waals surface area contributed by atoms with Crippen LogP contribution in [0.3, 0.4) is 0 Å². The number of nitrogens with zero attached hydrogens (tertiary/aromatic N) is 2. The Kier molecular flexibility index (Phi) is 3.62. The number of hydrogen-bond acceptors (Lipinski definition) is 5. The topological polar surface area (TPSA) is 73.3 Å². The number of benzene rings is 1. The Balaban J connectivity index is 1.81. The molecular formula is C14H12ClN3O3. The molecule has 0 fully saturated rings. The van der Waals surface area contributed by atoms with Gasteiger partial charge in [0.2, 0.25) is 11.8 Å². The standard InChI is InChI=1S/C14H12ClN3O3/c1-20-12-7-11(15)16-14(17-12)18-13(19)9-2-3-10-8(6-9)4-5-21-10/h2-3,6-7H,4-5H2,1H3,(H,16,17,18,19). The van der Waals surface area contributed by atoms with Crippen molar-refractivity contribution in [1.29, 1.82) is 0 Å². The van der Waals surface area contributed by atoms with Crippen molar-refractivity contribution >= 4 is 23.5 Å². The van der Waals surface area contributed by atoms with Crippen molar-refractivity contribution in [2.45, 2.75) is 6.42 Å². The summed E-state index contributed by atoms with van der Waals surface area (Å²) in [4.78, 5) is 20.2. The Morgan fingerprint density at radius 3 is 3.05 bits per heavy atom. The molecule has 0 saturated heterocycles. The summed E-state index contributed by atoms with van der Waals surface area (Å²) >= 11 is 5.84. The lowest BCUT2D eigenvalue weighted by Crippen LogP contribution is -2.14. The third kappa shape index (κ3) is 2.90. The molecule has 1 aromatic carbocycles. The molecule has 2 aromatic rings. The van der Waals surface area contributed by atoms with Crippen LogP contribution in [0, 0.1) is 0 Å². The van der Waals surface area contributed by atoms with E-state index in [4.69, 9.17) is 21.1 Å². The molecule has 7 heteroatoms. The van der Waals surface area contributed by atoms with Gasteiger partial charge in [0.05, 0.1) is 13.7 Å². The predicted octanol–water partition coefficient (Wildman–Crippen LogP) is 2.33. The number of hydrogen-bond donors (Lipinski definition) is 1. The molecule has 0 bridgehead atoms. The average molecular weight is 306 g/mol. The summed E-state index contributed by atoms with van der Waals surface area (Å²) in [5.41, 5.74) is 1.54. The molecule has 0 atom stereocenters. The first kappa shape index (κ1) is 13.6. The Labute approximate surface area is 126 Å². The van der Waals surface area contributed by atoms with Gasteiger partial charge < -0.3 is 9.47 Å². The smallest absolute Gasteiger partial charge is 0.258 e. The average Bonchev–Trinajstić information content (AvgIpc) is 2.93. The van der Waals surface area contributed by atoms with Gasteiger partial charge in [-0.15, -0.1) is 0 Å². The summed E-state index contributed by atoms with van der Waals surface area (Å²) in [5.74, 6) is 0.898. The van der Waals surface area contributed by atoms with Crippen LogP contribution in [-0.4, -0.2) is 29.6 Å². The zero-order chi connectivity index (χ0) is 14.8. The minimum Gasteiger partial charge on any atom is -0.493 e. The van der Waals surface area contributed by atoms with Crippen molar-refractivity contribution in [2.75, 3.05) is 19.0 Å². The van der Waals surface area contributed by atoms with Gasteiger partial charge in [-0.3, -0.25) is 10.1 Å². The zero-order valence-corrected chi connectivity index (χ0v) is 12.0. The van der Waals surface area contributed by atoms with Crippen molar-refractivity contribution in [3.8, 4) is 11.6 Å². The molecule has 1 aromatic heterocycles. The highest BCUT2D eigenvalue weighted by Gasteiger charge is 2.16. The van der Waals surface area contributed by atoms with E-state index in [9.17, 15) is 4.79 Å². The third-order valence-electron chi connectivity index (χ3n) is 3.06. The van der Waals surface area contributed by atoms with E-state index in [1.165, 1.54) is 13.2 Å². The summed E-state index contributed by atoms with van der Waals surface area (Å²) in [6, 6.07) is 6.75. The molecule has 3 rings (SSSR count). The third-order valence-corrected chi connectivity index (χ3v) is 3.25. The van der Waals surface area contributed by atoms with E-state index in [0.29, 0.717) is 12.2 Å². The molecule has 2 heterocycles. The first-order valence-electron chi connectivity index (χ1n) is 6.31. The Morgan fingerprint density at radius 1 is 1.38 bits per heavy atom. The molecule has 1 amide bonds. The van der Waals surface area contributed by atoms with E-state index >= 15 is 0 Å². The molecule has 108 valence electrons. The van der Waals surface area contributed by atoms with Gasteiger partial charge in [-0.25, -0.2) is 4.98 Å². The molecule has 6 nitrogen and oxygen atoms in total. The maximum absolute atomic E-state index is 12.2. The van der Waals surface area contributed by atoms with Gasteiger partial charge in [0, 0.05) is 18.1 Å². The summed E-state index contributed by atoms with van der Waals surface area (Å²) in [7, 11) is 1.46. The van der Waals surface area contributed by atoms with E-state index in [1.54, 1.807) is 18.2 Å². The van der Waals surface area contributed by atoms with Gasteiger partial charge in [0.25, 0.3) is 5.91 Å². The molecule has 0 unspecified atom stereocenters. The number of anilines is 1. The molecule has 1 aliphatic rings. The summed E-state index contributed by atoms with van der Waals surface area (Å²) in [5, 5.41) is 2.79. The van der Waals surface area contributed by atoms with Crippen LogP contribution in [0.5, 0.6) is 11.6 Å². The van der Waals surface area contributed by atoms with Crippen LogP contribution in [0.15, 0.2) is 24.3 Å². The fraction of sp³-hybridized carbons (Fsp3) is 0.214. The molecule has 21 heavy (non-hydrogen) atoms. The van der Waals surface area contributed by atoms with E-state index < -0.39 is 0 Å². The molecule has 0 aliphatic carbocycles. The largest absolute Gasteiger partial charge is 0.493 e. The number of fused-ring (bicyclic) bond motifs is 1. The van der Waals surface area contributed by atoms with Crippen molar-refractivity contribution in [1.82, 2.24) is 9.97 Å². The van der Waals surface area contributed by atoms with Crippen molar-refractivity contribution < 1.29 is 14.3 Å². The maximum atomic E-state index is 12.2. The van der Waals surface area contributed by atoms with Crippen molar-refractivity contribution in [3.05, 3.63) is 40.5 Å². The highest BCUT2D eigenvalue weighted by atomic mass is 35.5. The molecule has 1 aliphatic heterocycles. The first-order valence-corrected chi connectivity index (χ1v) is 6.69. The first-order chi connectivity index (χ1) is 10.2. The highest BCUT2D eigenvalue weighted by Crippen LogP contribution is 2.26. The highest BCUT2D eigenvalue weighted by molar-refractivity contribution is 6.29. The minimum absolute atomic E-state index is 0.0982. The summed E-state index contributed by atoms with van der Waals surface area (Å²) in [6.07, 6.45) is 0.804. The zero-order valence-electron chi connectivity index (χ0n) is 11.2. The Hall–Kier alpha value is -2.34. The SMILES string of the molecule is COc1cc(Cl)nc(NC(=O)c2ccc3c(c2)CCO3)n1. The minimum atomic E-state index is -0.311. The lowest BCUT2D eigenvalue weighted by Gasteiger charge is -2.07. The van der Waals surface area contributed by atoms with Crippen molar-refractivity contribution in [3.63, 3.8) is 0 Å². The van der Waals surface area contributed by atoms with Crippen molar-refractivity contribution in [2.24, 2.45) is 0 Å². The fourth-order valence-corrected chi connectivity index (χ4v) is 2.23. The quantitative estimate of drug-likeness (QED) is 0.881. The van der Waals surface area contributed by atoms with Gasteiger partial charge in [-0.2, -0.15) is 4.98 Å². The molecule has 0 radical (unpaired) electrons. The number of carbonyl (C=O) groups is 1. The Bertz CT molecular complexity index is 706. The summed E-state index contributed by atoms with van der Waals surface area (Å²) < 4.78 is 10.4. The lowest BCUT2D eigenvalue weighted by atomic mass is 10.1. The van der Waals surface area contributed by atoms with Crippen LogP contribution >= 0.6 is 11.6 Å². The van der Waals surface area contributed by atoms with Crippen LogP contribution in [0.1, 0.15) is 15.9 Å². The van der Waals surface area contributed by atoms with Gasteiger partial charge in [-0.05, 0) is 23.8 Å². The van der Waals surface area contributed by atoms with Gasteiger partial charge in [-0.1, -0.05) is 11.6 Å². The van der Waals surface area contributed by atoms with E-state index in [1.807, 2.05) is 0 Å². The second-order valence-corrected chi connectivity index (χ2v) is 4.82. The molecular weight excluding hydrogens is 294 g/mol. The molecule has 0 saturated carbocycles. The number of amides is 1. The number of nitrogens with one attached hydrogen (secondary N) is 1. The Morgan fingerprint density at radius 2 is 2.24 bits per heavy atom. The van der Waals surface area contributed by atoms with Crippen LogP contribution in [0.25, 0.3) is 0 Å². The molecule has 0 spiro atoms. The summed E-state index contributed by atoms with van der Waals surface area (Å²) in [6.45, 7) is 0.648. The second-order valence-electron chi connectivity index (χ2n) is 4.43. The number of methoxy groups -OCH3 is 1. The van der Waals surface area contributed by atoms with Gasteiger partial charge in [0.15, 0.2) is 0 Å². The monoisotopic (exact) mass is 305 g/mol. The van der Waals surface area contributed by atoms with Crippen LogP contribution in [0.4, 0.5) is 5.95 Å². The maximum Gasteiger partial charge on any atom is 0.258 e. The number of rotatable bonds is 3. The van der Waals surface area contributed by atoms with Crippen LogP contribution in [0.2, 0.25) is 5.15 Å². The van der Waals surface area contributed by atoms with Crippen LogP contribution < -0.4 is 14.8 Å². The van der Waals surface area contributed by atoms with E-state index in [2.05, 4.69) is 15.3 Å². The number of carbonyl (C=O) groups excluding carboxylic acids is 1. The van der Waals surface area contributed by atoms with Gasteiger partial charge >= 0.3 is 0 Å². The molecule has 1 N–H and O–H groups in total.